The summed E-state index contributed by atoms with van der Waals surface area (Å²) in [5.41, 5.74) is 0.816. The Labute approximate surface area is 121 Å². The highest BCUT2D eigenvalue weighted by Crippen LogP contribution is 2.34. The van der Waals surface area contributed by atoms with Gasteiger partial charge in [0.05, 0.1) is 24.8 Å². The van der Waals surface area contributed by atoms with Crippen molar-refractivity contribution in [2.45, 2.75) is 13.5 Å². The molecule has 0 amide bonds. The van der Waals surface area contributed by atoms with Crippen LogP contribution >= 0.6 is 11.6 Å². The number of ether oxygens (including phenoxy) is 1. The number of aryl methyl sites for hydroxylation is 1. The van der Waals surface area contributed by atoms with Gasteiger partial charge in [0.15, 0.2) is 5.65 Å². The Bertz CT molecular complexity index is 645. The minimum Gasteiger partial charge on any atom is -0.381 e. The number of nitrogens with zero attached hydrogens (tertiary/aromatic N) is 5. The molecule has 0 radical (unpaired) electrons. The van der Waals surface area contributed by atoms with E-state index >= 15 is 0 Å². The van der Waals surface area contributed by atoms with E-state index < -0.39 is 0 Å². The van der Waals surface area contributed by atoms with Gasteiger partial charge in [-0.15, -0.1) is 0 Å². The van der Waals surface area contributed by atoms with Gasteiger partial charge in [0.2, 0.25) is 5.28 Å². The van der Waals surface area contributed by atoms with E-state index in [9.17, 15) is 0 Å². The summed E-state index contributed by atoms with van der Waals surface area (Å²) < 4.78 is 7.38. The summed E-state index contributed by atoms with van der Waals surface area (Å²) in [7, 11) is 0. The molecule has 0 unspecified atom stereocenters. The third kappa shape index (κ3) is 1.78. The van der Waals surface area contributed by atoms with Crippen molar-refractivity contribution in [1.29, 1.82) is 0 Å². The number of rotatable bonds is 2. The summed E-state index contributed by atoms with van der Waals surface area (Å²) in [6.07, 6.45) is 1.84. The molecule has 4 rings (SSSR count). The zero-order valence-corrected chi connectivity index (χ0v) is 12.0. The van der Waals surface area contributed by atoms with Crippen LogP contribution in [0.5, 0.6) is 0 Å². The van der Waals surface area contributed by atoms with Gasteiger partial charge in [0.25, 0.3) is 0 Å². The van der Waals surface area contributed by atoms with Gasteiger partial charge in [-0.05, 0) is 18.5 Å². The SMILES string of the molecule is CCn1ncc2c(N3C[C@H]4COC[C@H]4C3)nc(Cl)nc21. The molecule has 2 aliphatic rings. The van der Waals surface area contributed by atoms with E-state index in [0.717, 1.165) is 49.7 Å². The number of hydrogen-bond donors (Lipinski definition) is 0. The molecule has 20 heavy (non-hydrogen) atoms. The highest BCUT2D eigenvalue weighted by Gasteiger charge is 2.38. The van der Waals surface area contributed by atoms with Crippen LogP contribution in [0.2, 0.25) is 5.28 Å². The third-order valence-electron chi connectivity index (χ3n) is 4.29. The molecular formula is C13H16ClN5O. The van der Waals surface area contributed by atoms with Crippen LogP contribution in [-0.4, -0.2) is 46.1 Å². The van der Waals surface area contributed by atoms with Crippen LogP contribution in [0.3, 0.4) is 0 Å². The Balaban J connectivity index is 1.78. The molecular weight excluding hydrogens is 278 g/mol. The van der Waals surface area contributed by atoms with Crippen molar-refractivity contribution >= 4 is 28.5 Å². The van der Waals surface area contributed by atoms with Gasteiger partial charge in [-0.2, -0.15) is 15.1 Å². The molecule has 7 heteroatoms. The van der Waals surface area contributed by atoms with E-state index in [2.05, 4.69) is 20.0 Å². The van der Waals surface area contributed by atoms with Crippen molar-refractivity contribution < 1.29 is 4.74 Å². The van der Waals surface area contributed by atoms with Gasteiger partial charge in [-0.25, -0.2) is 4.68 Å². The van der Waals surface area contributed by atoms with Gasteiger partial charge >= 0.3 is 0 Å². The number of anilines is 1. The van der Waals surface area contributed by atoms with Crippen LogP contribution in [0.15, 0.2) is 6.20 Å². The van der Waals surface area contributed by atoms with E-state index in [-0.39, 0.29) is 5.28 Å². The van der Waals surface area contributed by atoms with E-state index in [0.29, 0.717) is 11.8 Å². The number of hydrogen-bond acceptors (Lipinski definition) is 5. The van der Waals surface area contributed by atoms with E-state index in [4.69, 9.17) is 16.3 Å². The van der Waals surface area contributed by atoms with Gasteiger partial charge in [-0.1, -0.05) is 0 Å². The lowest BCUT2D eigenvalue weighted by molar-refractivity contribution is 0.177. The zero-order chi connectivity index (χ0) is 13.7. The Morgan fingerprint density at radius 2 is 2.05 bits per heavy atom. The summed E-state index contributed by atoms with van der Waals surface area (Å²) >= 11 is 6.09. The van der Waals surface area contributed by atoms with Crippen molar-refractivity contribution in [1.82, 2.24) is 19.7 Å². The van der Waals surface area contributed by atoms with Gasteiger partial charge in [-0.3, -0.25) is 0 Å². The van der Waals surface area contributed by atoms with Crippen LogP contribution in [0, 0.1) is 11.8 Å². The Morgan fingerprint density at radius 1 is 1.30 bits per heavy atom. The molecule has 0 bridgehead atoms. The first kappa shape index (κ1) is 12.3. The van der Waals surface area contributed by atoms with E-state index in [1.807, 2.05) is 17.8 Å². The fourth-order valence-electron chi connectivity index (χ4n) is 3.25. The first-order valence-corrected chi connectivity index (χ1v) is 7.35. The monoisotopic (exact) mass is 293 g/mol. The lowest BCUT2D eigenvalue weighted by Crippen LogP contribution is -2.23. The molecule has 0 aromatic carbocycles. The smallest absolute Gasteiger partial charge is 0.226 e. The summed E-state index contributed by atoms with van der Waals surface area (Å²) in [6, 6.07) is 0. The number of halogens is 1. The number of fused-ring (bicyclic) bond motifs is 2. The predicted octanol–water partition coefficient (Wildman–Crippen LogP) is 1.58. The van der Waals surface area contributed by atoms with Crippen molar-refractivity contribution in [3.8, 4) is 0 Å². The molecule has 6 nitrogen and oxygen atoms in total. The van der Waals surface area contributed by atoms with Crippen LogP contribution in [0.1, 0.15) is 6.92 Å². The average Bonchev–Trinajstić information content (AvgIpc) is 3.10. The second-order valence-corrected chi connectivity index (χ2v) is 5.81. The van der Waals surface area contributed by atoms with Gasteiger partial charge in [0.1, 0.15) is 5.82 Å². The summed E-state index contributed by atoms with van der Waals surface area (Å²) in [5.74, 6) is 2.13. The summed E-state index contributed by atoms with van der Waals surface area (Å²) in [5, 5.41) is 5.63. The maximum atomic E-state index is 6.09. The van der Waals surface area contributed by atoms with Crippen molar-refractivity contribution in [3.63, 3.8) is 0 Å². The molecule has 0 aliphatic carbocycles. The van der Waals surface area contributed by atoms with Crippen molar-refractivity contribution in [2.24, 2.45) is 11.8 Å². The quantitative estimate of drug-likeness (QED) is 0.787. The summed E-state index contributed by atoms with van der Waals surface area (Å²) in [4.78, 5) is 11.1. The minimum absolute atomic E-state index is 0.288. The molecule has 2 saturated heterocycles. The Kier molecular flexibility index (Phi) is 2.82. The minimum atomic E-state index is 0.288. The zero-order valence-electron chi connectivity index (χ0n) is 11.3. The highest BCUT2D eigenvalue weighted by molar-refractivity contribution is 6.28. The van der Waals surface area contributed by atoms with Crippen LogP contribution < -0.4 is 4.90 Å². The second kappa shape index (κ2) is 4.56. The topological polar surface area (TPSA) is 56.1 Å². The molecule has 2 aromatic heterocycles. The van der Waals surface area contributed by atoms with Crippen LogP contribution in [0.4, 0.5) is 5.82 Å². The molecule has 0 spiro atoms. The highest BCUT2D eigenvalue weighted by atomic mass is 35.5. The average molecular weight is 294 g/mol. The lowest BCUT2D eigenvalue weighted by Gasteiger charge is -2.19. The second-order valence-electron chi connectivity index (χ2n) is 5.48. The van der Waals surface area contributed by atoms with E-state index in [1.54, 1.807) is 0 Å². The van der Waals surface area contributed by atoms with E-state index in [1.165, 1.54) is 0 Å². The first-order valence-electron chi connectivity index (χ1n) is 6.98. The lowest BCUT2D eigenvalue weighted by atomic mass is 10.0. The molecule has 0 saturated carbocycles. The molecule has 2 aliphatic heterocycles. The fraction of sp³-hybridized carbons (Fsp3) is 0.615. The molecule has 2 fully saturated rings. The predicted molar refractivity (Wildman–Crippen MR) is 76.0 cm³/mol. The number of aromatic nitrogens is 4. The van der Waals surface area contributed by atoms with Gasteiger partial charge < -0.3 is 9.64 Å². The molecule has 4 heterocycles. The Morgan fingerprint density at radius 3 is 2.75 bits per heavy atom. The molecule has 2 atom stereocenters. The largest absolute Gasteiger partial charge is 0.381 e. The van der Waals surface area contributed by atoms with Crippen LogP contribution in [0.25, 0.3) is 11.0 Å². The normalized spacial score (nSPS) is 25.6. The first-order chi connectivity index (χ1) is 9.76. The van der Waals surface area contributed by atoms with Crippen molar-refractivity contribution in [3.05, 3.63) is 11.5 Å². The molecule has 0 N–H and O–H groups in total. The molecule has 106 valence electrons. The van der Waals surface area contributed by atoms with Crippen LogP contribution in [-0.2, 0) is 11.3 Å². The Hall–Kier alpha value is -1.40. The fourth-order valence-corrected chi connectivity index (χ4v) is 3.41. The maximum Gasteiger partial charge on any atom is 0.226 e. The maximum absolute atomic E-state index is 6.09. The van der Waals surface area contributed by atoms with Crippen molar-refractivity contribution in [2.75, 3.05) is 31.2 Å². The summed E-state index contributed by atoms with van der Waals surface area (Å²) in [6.45, 7) is 6.48. The molecule has 2 aromatic rings. The van der Waals surface area contributed by atoms with Gasteiger partial charge in [0, 0.05) is 31.5 Å². The standard InChI is InChI=1S/C13H16ClN5O/c1-2-19-12-10(3-15-19)11(16-13(14)17-12)18-4-8-6-20-7-9(8)5-18/h3,8-9H,2,4-7H2,1H3/t8-,9+. The third-order valence-corrected chi connectivity index (χ3v) is 4.46.